The van der Waals surface area contributed by atoms with E-state index in [1.807, 2.05) is 29.6 Å². The van der Waals surface area contributed by atoms with Gasteiger partial charge in [0.1, 0.15) is 5.75 Å². The third-order valence-electron chi connectivity index (χ3n) is 2.31. The fourth-order valence-electron chi connectivity index (χ4n) is 1.46. The van der Waals surface area contributed by atoms with Crippen LogP contribution < -0.4 is 10.1 Å². The third-order valence-corrected chi connectivity index (χ3v) is 4.01. The largest absolute Gasteiger partial charge is 0.497 e. The van der Waals surface area contributed by atoms with E-state index in [2.05, 4.69) is 10.3 Å². The summed E-state index contributed by atoms with van der Waals surface area (Å²) in [7, 11) is 1.65. The smallest absolute Gasteiger partial charge is 0.236 e. The summed E-state index contributed by atoms with van der Waals surface area (Å²) in [6, 6.07) is 7.85. The molecule has 6 heteroatoms. The van der Waals surface area contributed by atoms with Crippen LogP contribution in [0.1, 0.15) is 5.56 Å². The highest BCUT2D eigenvalue weighted by molar-refractivity contribution is 7.99. The fourth-order valence-corrected chi connectivity index (χ4v) is 2.78. The third kappa shape index (κ3) is 4.57. The molecule has 0 saturated carbocycles. The maximum Gasteiger partial charge on any atom is 0.236 e. The molecule has 1 N–H and O–H groups in total. The van der Waals surface area contributed by atoms with Crippen molar-refractivity contribution in [2.75, 3.05) is 18.2 Å². The molecule has 1 aromatic carbocycles. The molecule has 19 heavy (non-hydrogen) atoms. The highest BCUT2D eigenvalue weighted by atomic mass is 32.2. The lowest BCUT2D eigenvalue weighted by molar-refractivity contribution is -0.113. The first-order valence-corrected chi connectivity index (χ1v) is 7.71. The van der Waals surface area contributed by atoms with Gasteiger partial charge >= 0.3 is 0 Å². The van der Waals surface area contributed by atoms with Crippen LogP contribution in [-0.2, 0) is 10.5 Å². The van der Waals surface area contributed by atoms with E-state index in [4.69, 9.17) is 4.74 Å². The minimum Gasteiger partial charge on any atom is -0.497 e. The minimum absolute atomic E-state index is 0.0251. The summed E-state index contributed by atoms with van der Waals surface area (Å²) in [5.74, 6) is 2.01. The average molecular weight is 294 g/mol. The van der Waals surface area contributed by atoms with Gasteiger partial charge in [0, 0.05) is 17.3 Å². The van der Waals surface area contributed by atoms with Gasteiger partial charge in [-0.3, -0.25) is 4.79 Å². The van der Waals surface area contributed by atoms with Gasteiger partial charge in [-0.25, -0.2) is 4.98 Å². The second-order valence-electron chi connectivity index (χ2n) is 3.73. The second-order valence-corrected chi connectivity index (χ2v) is 5.61. The Morgan fingerprint density at radius 1 is 1.53 bits per heavy atom. The molecule has 0 bridgehead atoms. The monoisotopic (exact) mass is 294 g/mol. The van der Waals surface area contributed by atoms with Crippen LogP contribution in [0.15, 0.2) is 35.8 Å². The van der Waals surface area contributed by atoms with E-state index in [1.165, 1.54) is 11.3 Å². The molecule has 0 fully saturated rings. The van der Waals surface area contributed by atoms with Crippen molar-refractivity contribution in [2.45, 2.75) is 5.75 Å². The zero-order chi connectivity index (χ0) is 13.5. The first-order valence-electron chi connectivity index (χ1n) is 5.68. The molecule has 0 saturated heterocycles. The SMILES string of the molecule is COc1cccc(CSCC(=O)Nc2nccs2)c1. The molecule has 1 heterocycles. The van der Waals surface area contributed by atoms with Gasteiger partial charge in [-0.05, 0) is 17.7 Å². The van der Waals surface area contributed by atoms with Crippen molar-refractivity contribution in [3.8, 4) is 5.75 Å². The molecule has 0 spiro atoms. The maximum absolute atomic E-state index is 11.6. The average Bonchev–Trinajstić information content (AvgIpc) is 2.92. The zero-order valence-electron chi connectivity index (χ0n) is 10.5. The predicted molar refractivity (Wildman–Crippen MR) is 79.9 cm³/mol. The first-order chi connectivity index (χ1) is 9.28. The molecule has 0 radical (unpaired) electrons. The Balaban J connectivity index is 1.75. The number of anilines is 1. The van der Waals surface area contributed by atoms with Gasteiger partial charge in [0.15, 0.2) is 5.13 Å². The lowest BCUT2D eigenvalue weighted by atomic mass is 10.2. The summed E-state index contributed by atoms with van der Waals surface area (Å²) < 4.78 is 5.16. The summed E-state index contributed by atoms with van der Waals surface area (Å²) in [4.78, 5) is 15.6. The number of hydrogen-bond donors (Lipinski definition) is 1. The van der Waals surface area contributed by atoms with E-state index in [0.717, 1.165) is 17.1 Å². The van der Waals surface area contributed by atoms with Crippen molar-refractivity contribution in [3.05, 3.63) is 41.4 Å². The number of carbonyl (C=O) groups excluding carboxylic acids is 1. The lowest BCUT2D eigenvalue weighted by Gasteiger charge is -2.04. The number of rotatable bonds is 6. The quantitative estimate of drug-likeness (QED) is 0.889. The maximum atomic E-state index is 11.6. The highest BCUT2D eigenvalue weighted by Gasteiger charge is 2.04. The van der Waals surface area contributed by atoms with Gasteiger partial charge in [-0.1, -0.05) is 12.1 Å². The molecule has 4 nitrogen and oxygen atoms in total. The number of methoxy groups -OCH3 is 1. The topological polar surface area (TPSA) is 51.2 Å². The molecular formula is C13H14N2O2S2. The Labute approximate surface area is 120 Å². The number of nitrogens with one attached hydrogen (secondary N) is 1. The van der Waals surface area contributed by atoms with Crippen molar-refractivity contribution >= 4 is 34.1 Å². The molecule has 0 unspecified atom stereocenters. The van der Waals surface area contributed by atoms with E-state index in [9.17, 15) is 4.79 Å². The summed E-state index contributed by atoms with van der Waals surface area (Å²) in [6.07, 6.45) is 1.67. The molecule has 0 aliphatic rings. The van der Waals surface area contributed by atoms with E-state index in [1.54, 1.807) is 25.1 Å². The standard InChI is InChI=1S/C13H14N2O2S2/c1-17-11-4-2-3-10(7-11)8-18-9-12(16)15-13-14-5-6-19-13/h2-7H,8-9H2,1H3,(H,14,15,16). The summed E-state index contributed by atoms with van der Waals surface area (Å²) in [5.41, 5.74) is 1.14. The normalized spacial score (nSPS) is 10.2. The molecular weight excluding hydrogens is 280 g/mol. The van der Waals surface area contributed by atoms with Gasteiger partial charge in [0.25, 0.3) is 0 Å². The second kappa shape index (κ2) is 7.16. The molecule has 2 rings (SSSR count). The molecule has 0 atom stereocenters. The lowest BCUT2D eigenvalue weighted by Crippen LogP contribution is -2.13. The Morgan fingerprint density at radius 2 is 2.42 bits per heavy atom. The summed E-state index contributed by atoms with van der Waals surface area (Å²) in [6.45, 7) is 0. The number of thioether (sulfide) groups is 1. The van der Waals surface area contributed by atoms with Crippen LogP contribution in [0.4, 0.5) is 5.13 Å². The number of nitrogens with zero attached hydrogens (tertiary/aromatic N) is 1. The van der Waals surface area contributed by atoms with E-state index in [-0.39, 0.29) is 5.91 Å². The Bertz CT molecular complexity index is 529. The van der Waals surface area contributed by atoms with Crippen molar-refractivity contribution in [1.29, 1.82) is 0 Å². The number of aromatic nitrogens is 1. The number of amides is 1. The number of benzene rings is 1. The Kier molecular flexibility index (Phi) is 5.23. The molecule has 2 aromatic rings. The predicted octanol–water partition coefficient (Wildman–Crippen LogP) is 3.02. The van der Waals surface area contributed by atoms with Crippen molar-refractivity contribution in [1.82, 2.24) is 4.98 Å². The van der Waals surface area contributed by atoms with Gasteiger partial charge in [-0.15, -0.1) is 23.1 Å². The summed E-state index contributed by atoms with van der Waals surface area (Å²) >= 11 is 2.98. The van der Waals surface area contributed by atoms with Crippen LogP contribution >= 0.6 is 23.1 Å². The van der Waals surface area contributed by atoms with E-state index in [0.29, 0.717) is 10.9 Å². The van der Waals surface area contributed by atoms with Gasteiger partial charge in [-0.2, -0.15) is 0 Å². The van der Waals surface area contributed by atoms with Crippen LogP contribution in [-0.4, -0.2) is 23.8 Å². The molecule has 0 aliphatic carbocycles. The van der Waals surface area contributed by atoms with Gasteiger partial charge in [0.05, 0.1) is 12.9 Å². The molecule has 0 aliphatic heterocycles. The van der Waals surface area contributed by atoms with Gasteiger partial charge < -0.3 is 10.1 Å². The van der Waals surface area contributed by atoms with Crippen molar-refractivity contribution in [3.63, 3.8) is 0 Å². The Morgan fingerprint density at radius 3 is 3.16 bits per heavy atom. The molecule has 100 valence electrons. The van der Waals surface area contributed by atoms with E-state index < -0.39 is 0 Å². The summed E-state index contributed by atoms with van der Waals surface area (Å²) in [5, 5.41) is 5.23. The van der Waals surface area contributed by atoms with Crippen LogP contribution in [0, 0.1) is 0 Å². The van der Waals surface area contributed by atoms with Crippen LogP contribution in [0.25, 0.3) is 0 Å². The van der Waals surface area contributed by atoms with Crippen LogP contribution in [0.3, 0.4) is 0 Å². The fraction of sp³-hybridized carbons (Fsp3) is 0.231. The number of ether oxygens (including phenoxy) is 1. The van der Waals surface area contributed by atoms with Gasteiger partial charge in [0.2, 0.25) is 5.91 Å². The Hall–Kier alpha value is -1.53. The van der Waals surface area contributed by atoms with Crippen LogP contribution in [0.5, 0.6) is 5.75 Å². The highest BCUT2D eigenvalue weighted by Crippen LogP contribution is 2.18. The number of thiazole rings is 1. The van der Waals surface area contributed by atoms with Crippen molar-refractivity contribution < 1.29 is 9.53 Å². The zero-order valence-corrected chi connectivity index (χ0v) is 12.1. The molecule has 1 amide bonds. The minimum atomic E-state index is -0.0251. The molecule has 1 aromatic heterocycles. The van der Waals surface area contributed by atoms with Crippen molar-refractivity contribution in [2.24, 2.45) is 0 Å². The van der Waals surface area contributed by atoms with Crippen LogP contribution in [0.2, 0.25) is 0 Å². The van der Waals surface area contributed by atoms with E-state index >= 15 is 0 Å². The first kappa shape index (κ1) is 13.9. The number of carbonyl (C=O) groups is 1. The number of hydrogen-bond acceptors (Lipinski definition) is 5.